The maximum Gasteiger partial charge on any atom is 0.341 e. The number of furan rings is 1. The summed E-state index contributed by atoms with van der Waals surface area (Å²) in [6, 6.07) is 10.4. The van der Waals surface area contributed by atoms with Gasteiger partial charge in [0.2, 0.25) is 0 Å². The monoisotopic (exact) mass is 370 g/mol. The summed E-state index contributed by atoms with van der Waals surface area (Å²) < 4.78 is 11.9. The molecule has 0 spiro atoms. The van der Waals surface area contributed by atoms with Gasteiger partial charge in [-0.3, -0.25) is 4.90 Å². The molecule has 0 radical (unpaired) electrons. The second-order valence-electron chi connectivity index (χ2n) is 6.68. The van der Waals surface area contributed by atoms with E-state index in [2.05, 4.69) is 23.1 Å². The van der Waals surface area contributed by atoms with Gasteiger partial charge in [0.1, 0.15) is 22.1 Å². The van der Waals surface area contributed by atoms with Crippen LogP contribution in [0.1, 0.15) is 52.2 Å². The lowest BCUT2D eigenvalue weighted by atomic mass is 10.0. The van der Waals surface area contributed by atoms with E-state index >= 15 is 0 Å². The van der Waals surface area contributed by atoms with Gasteiger partial charge in [0.25, 0.3) is 0 Å². The molecule has 1 atom stereocenters. The van der Waals surface area contributed by atoms with Crippen LogP contribution in [0.2, 0.25) is 0 Å². The summed E-state index contributed by atoms with van der Waals surface area (Å²) in [6.45, 7) is 3.49. The lowest BCUT2D eigenvalue weighted by molar-refractivity contribution is 0.0599. The topological polar surface area (TPSA) is 55.6 Å². The summed E-state index contributed by atoms with van der Waals surface area (Å²) in [5.41, 5.74) is 1.58. The molecule has 0 unspecified atom stereocenters. The minimum atomic E-state index is -0.348. The molecule has 1 fully saturated rings. The highest BCUT2D eigenvalue weighted by Gasteiger charge is 2.28. The Labute approximate surface area is 156 Å². The molecule has 0 aliphatic carbocycles. The van der Waals surface area contributed by atoms with Crippen molar-refractivity contribution in [3.8, 4) is 0 Å². The number of rotatable bonds is 4. The van der Waals surface area contributed by atoms with E-state index in [0.717, 1.165) is 24.2 Å². The molecule has 0 saturated carbocycles. The smallest absolute Gasteiger partial charge is 0.341 e. The lowest BCUT2D eigenvalue weighted by Gasteiger charge is -2.33. The Bertz CT molecular complexity index is 897. The second kappa shape index (κ2) is 7.21. The third kappa shape index (κ3) is 3.27. The number of ether oxygens (including phenoxy) is 1. The molecule has 136 valence electrons. The van der Waals surface area contributed by atoms with Gasteiger partial charge in [-0.25, -0.2) is 9.78 Å². The number of hydrogen-bond acceptors (Lipinski definition) is 6. The van der Waals surface area contributed by atoms with E-state index in [-0.39, 0.29) is 5.97 Å². The molecule has 3 aromatic rings. The second-order valence-corrected chi connectivity index (χ2v) is 7.74. The molecule has 2 aromatic heterocycles. The fraction of sp³-hybridized carbons (Fsp3) is 0.400. The first-order valence-corrected chi connectivity index (χ1v) is 9.74. The molecule has 4 rings (SSSR count). The number of carbonyl (C=O) groups excluding carboxylic acids is 1. The van der Waals surface area contributed by atoms with Crippen molar-refractivity contribution in [1.82, 2.24) is 9.88 Å². The molecule has 0 amide bonds. The Hall–Kier alpha value is -2.18. The van der Waals surface area contributed by atoms with Gasteiger partial charge < -0.3 is 9.15 Å². The summed E-state index contributed by atoms with van der Waals surface area (Å²) in [5.74, 6) is 1.06. The molecule has 6 heteroatoms. The summed E-state index contributed by atoms with van der Waals surface area (Å²) >= 11 is 1.78. The molecule has 1 aromatic carbocycles. The predicted octanol–water partition coefficient (Wildman–Crippen LogP) is 4.71. The quantitative estimate of drug-likeness (QED) is 0.623. The van der Waals surface area contributed by atoms with Crippen molar-refractivity contribution in [2.24, 2.45) is 0 Å². The molecule has 5 nitrogen and oxygen atoms in total. The number of likely N-dealkylation sites (tertiary alicyclic amines) is 1. The van der Waals surface area contributed by atoms with Crippen molar-refractivity contribution >= 4 is 27.5 Å². The van der Waals surface area contributed by atoms with Gasteiger partial charge in [-0.15, -0.1) is 11.3 Å². The maximum absolute atomic E-state index is 11.8. The maximum atomic E-state index is 11.8. The van der Waals surface area contributed by atoms with E-state index in [1.807, 2.05) is 12.1 Å². The van der Waals surface area contributed by atoms with Gasteiger partial charge in [0.15, 0.2) is 0 Å². The van der Waals surface area contributed by atoms with Gasteiger partial charge in [-0.1, -0.05) is 18.6 Å². The van der Waals surface area contributed by atoms with Crippen LogP contribution in [-0.2, 0) is 11.3 Å². The van der Waals surface area contributed by atoms with Crippen LogP contribution >= 0.6 is 11.3 Å². The van der Waals surface area contributed by atoms with E-state index in [4.69, 9.17) is 14.1 Å². The first kappa shape index (κ1) is 17.2. The number of nitrogens with zero attached hydrogens (tertiary/aromatic N) is 2. The van der Waals surface area contributed by atoms with Crippen LogP contribution in [0.3, 0.4) is 0 Å². The Morgan fingerprint density at radius 3 is 3.04 bits per heavy atom. The van der Waals surface area contributed by atoms with Crippen LogP contribution in [0.15, 0.2) is 34.7 Å². The number of esters is 1. The number of hydrogen-bond donors (Lipinski definition) is 0. The van der Waals surface area contributed by atoms with Crippen LogP contribution < -0.4 is 0 Å². The Balaban J connectivity index is 1.59. The summed E-state index contributed by atoms with van der Waals surface area (Å²) in [7, 11) is 1.39. The Morgan fingerprint density at radius 1 is 1.38 bits per heavy atom. The van der Waals surface area contributed by atoms with E-state index in [0.29, 0.717) is 23.9 Å². The first-order valence-electron chi connectivity index (χ1n) is 8.93. The largest absolute Gasteiger partial charge is 0.465 e. The molecular weight excluding hydrogens is 348 g/mol. The van der Waals surface area contributed by atoms with Crippen molar-refractivity contribution in [3.05, 3.63) is 52.4 Å². The molecule has 1 aliphatic heterocycles. The lowest BCUT2D eigenvalue weighted by Crippen LogP contribution is -2.32. The van der Waals surface area contributed by atoms with Crippen molar-refractivity contribution in [3.63, 3.8) is 0 Å². The Kier molecular flexibility index (Phi) is 4.78. The number of para-hydroxylation sites is 1. The average Bonchev–Trinajstić information content (AvgIpc) is 3.24. The minimum Gasteiger partial charge on any atom is -0.465 e. The van der Waals surface area contributed by atoms with E-state index in [1.165, 1.54) is 29.7 Å². The molecule has 1 saturated heterocycles. The highest BCUT2D eigenvalue weighted by molar-refractivity contribution is 7.18. The zero-order valence-electron chi connectivity index (χ0n) is 15.0. The average molecular weight is 370 g/mol. The molecule has 3 heterocycles. The van der Waals surface area contributed by atoms with Gasteiger partial charge >= 0.3 is 5.97 Å². The molecular formula is C20H22N2O3S. The fourth-order valence-corrected chi connectivity index (χ4v) is 4.76. The van der Waals surface area contributed by atoms with Crippen molar-refractivity contribution < 1.29 is 13.9 Å². The standard InChI is InChI=1S/C20H22N2O3S/c1-13-15(20(23)24-2)11-14(25-13)12-22-10-6-5-8-17(22)19-21-16-7-3-4-9-18(16)26-19/h3-4,7,9,11,17H,5-6,8,10,12H2,1-2H3/t17-/m0/s1. The SMILES string of the molecule is COC(=O)c1cc(CN2CCCC[C@H]2c2nc3ccccc3s2)oc1C. The molecule has 26 heavy (non-hydrogen) atoms. The zero-order valence-corrected chi connectivity index (χ0v) is 15.8. The number of piperidine rings is 1. The molecule has 0 bridgehead atoms. The van der Waals surface area contributed by atoms with Gasteiger partial charge in [-0.2, -0.15) is 0 Å². The normalized spacial score (nSPS) is 18.3. The van der Waals surface area contributed by atoms with Crippen LogP contribution in [0.25, 0.3) is 10.2 Å². The number of methoxy groups -OCH3 is 1. The van der Waals surface area contributed by atoms with Crippen LogP contribution in [0, 0.1) is 6.92 Å². The number of benzene rings is 1. The highest BCUT2D eigenvalue weighted by atomic mass is 32.1. The van der Waals surface area contributed by atoms with E-state index < -0.39 is 0 Å². The number of aryl methyl sites for hydroxylation is 1. The first-order chi connectivity index (χ1) is 12.7. The van der Waals surface area contributed by atoms with E-state index in [1.54, 1.807) is 18.3 Å². The summed E-state index contributed by atoms with van der Waals surface area (Å²) in [5, 5.41) is 1.17. The predicted molar refractivity (Wildman–Crippen MR) is 101 cm³/mol. The number of fused-ring (bicyclic) bond motifs is 1. The van der Waals surface area contributed by atoms with Crippen molar-refractivity contribution in [2.45, 2.75) is 38.8 Å². The van der Waals surface area contributed by atoms with Crippen LogP contribution in [0.5, 0.6) is 0 Å². The minimum absolute atomic E-state index is 0.299. The Morgan fingerprint density at radius 2 is 2.23 bits per heavy atom. The molecule has 0 N–H and O–H groups in total. The van der Waals surface area contributed by atoms with Crippen LogP contribution in [0.4, 0.5) is 0 Å². The zero-order chi connectivity index (χ0) is 18.1. The third-order valence-electron chi connectivity index (χ3n) is 4.94. The van der Waals surface area contributed by atoms with Crippen molar-refractivity contribution in [2.75, 3.05) is 13.7 Å². The third-order valence-corrected chi connectivity index (χ3v) is 6.08. The van der Waals surface area contributed by atoms with Gasteiger partial charge in [0.05, 0.1) is 29.9 Å². The van der Waals surface area contributed by atoms with E-state index in [9.17, 15) is 4.79 Å². The molecule has 1 aliphatic rings. The number of thiazole rings is 1. The number of aromatic nitrogens is 1. The number of carbonyl (C=O) groups is 1. The van der Waals surface area contributed by atoms with Crippen molar-refractivity contribution in [1.29, 1.82) is 0 Å². The van der Waals surface area contributed by atoms with Gasteiger partial charge in [-0.05, 0) is 44.5 Å². The fourth-order valence-electron chi connectivity index (χ4n) is 3.63. The summed E-state index contributed by atoms with van der Waals surface area (Å²) in [6.07, 6.45) is 3.48. The van der Waals surface area contributed by atoms with Gasteiger partial charge in [0, 0.05) is 0 Å². The summed E-state index contributed by atoms with van der Waals surface area (Å²) in [4.78, 5) is 19.1. The highest BCUT2D eigenvalue weighted by Crippen LogP contribution is 2.36. The van der Waals surface area contributed by atoms with Crippen LogP contribution in [-0.4, -0.2) is 29.5 Å².